The Kier molecular flexibility index (Phi) is 4.86. The molecule has 0 spiro atoms. The summed E-state index contributed by atoms with van der Waals surface area (Å²) < 4.78 is 12.6. The van der Waals surface area contributed by atoms with Crippen LogP contribution in [0.1, 0.15) is 31.5 Å². The van der Waals surface area contributed by atoms with Gasteiger partial charge in [0.05, 0.1) is 5.52 Å². The Morgan fingerprint density at radius 3 is 2.89 bits per heavy atom. The number of ether oxygens (including phenoxy) is 2. The number of fused-ring (bicyclic) bond motifs is 2. The Balaban J connectivity index is 1.64. The van der Waals surface area contributed by atoms with E-state index in [9.17, 15) is 4.79 Å². The van der Waals surface area contributed by atoms with Gasteiger partial charge in [-0.2, -0.15) is 0 Å². The lowest BCUT2D eigenvalue weighted by Crippen LogP contribution is -2.24. The number of aromatic nitrogens is 3. The number of nitrogens with zero attached hydrogens (tertiary/aromatic N) is 2. The third-order valence-electron chi connectivity index (χ3n) is 4.57. The van der Waals surface area contributed by atoms with E-state index in [1.165, 1.54) is 0 Å². The molecule has 0 saturated heterocycles. The van der Waals surface area contributed by atoms with Crippen LogP contribution < -0.4 is 15.0 Å². The largest absolute Gasteiger partial charge is 0.454 e. The molecule has 0 atom stereocenters. The molecule has 0 bridgehead atoms. The van der Waals surface area contributed by atoms with Gasteiger partial charge in [0.15, 0.2) is 16.7 Å². The zero-order chi connectivity index (χ0) is 19.0. The van der Waals surface area contributed by atoms with Gasteiger partial charge in [-0.05, 0) is 43.0 Å². The van der Waals surface area contributed by atoms with Gasteiger partial charge in [0, 0.05) is 18.0 Å². The van der Waals surface area contributed by atoms with Crippen LogP contribution in [0.5, 0.6) is 11.5 Å². The zero-order valence-electron chi connectivity index (χ0n) is 15.7. The Bertz CT molecular complexity index is 1040. The van der Waals surface area contributed by atoms with Crippen LogP contribution in [0.25, 0.3) is 11.0 Å². The van der Waals surface area contributed by atoms with E-state index in [0.717, 1.165) is 39.9 Å². The predicted octanol–water partition coefficient (Wildman–Crippen LogP) is 4.10. The normalized spacial score (nSPS) is 13.0. The number of H-pyrrole nitrogens is 1. The van der Waals surface area contributed by atoms with Gasteiger partial charge in [0.1, 0.15) is 5.52 Å². The van der Waals surface area contributed by atoms with Gasteiger partial charge in [-0.25, -0.2) is 4.98 Å². The molecular weight excluding hydrogens is 362 g/mol. The minimum absolute atomic E-state index is 0.00179. The molecule has 0 saturated carbocycles. The molecule has 6 nitrogen and oxygen atoms in total. The lowest BCUT2D eigenvalue weighted by molar-refractivity contribution is 0.174. The van der Waals surface area contributed by atoms with Crippen LogP contribution in [0.4, 0.5) is 0 Å². The van der Waals surface area contributed by atoms with Crippen molar-refractivity contribution in [1.29, 1.82) is 0 Å². The van der Waals surface area contributed by atoms with Crippen molar-refractivity contribution in [2.75, 3.05) is 6.79 Å². The van der Waals surface area contributed by atoms with Gasteiger partial charge < -0.3 is 14.5 Å². The fourth-order valence-electron chi connectivity index (χ4n) is 3.08. The SMILES string of the molecule is Cc1cc2nc(SCc3ccc4c(c3)OCO4)n(CCC(C)C)c(=O)c2[nH]1. The number of hydrogen-bond acceptors (Lipinski definition) is 5. The van der Waals surface area contributed by atoms with Gasteiger partial charge in [-0.15, -0.1) is 0 Å². The highest BCUT2D eigenvalue weighted by atomic mass is 32.2. The number of aromatic amines is 1. The minimum Gasteiger partial charge on any atom is -0.454 e. The van der Waals surface area contributed by atoms with Gasteiger partial charge in [0.25, 0.3) is 5.56 Å². The average molecular weight is 385 g/mol. The lowest BCUT2D eigenvalue weighted by Gasteiger charge is -2.13. The topological polar surface area (TPSA) is 69.1 Å². The molecule has 0 fully saturated rings. The van der Waals surface area contributed by atoms with Crippen LogP contribution in [0.2, 0.25) is 0 Å². The van der Waals surface area contributed by atoms with Crippen molar-refractivity contribution >= 4 is 22.8 Å². The van der Waals surface area contributed by atoms with Crippen LogP contribution in [0, 0.1) is 12.8 Å². The van der Waals surface area contributed by atoms with E-state index < -0.39 is 0 Å². The summed E-state index contributed by atoms with van der Waals surface area (Å²) in [6.45, 7) is 7.20. The summed E-state index contributed by atoms with van der Waals surface area (Å²) >= 11 is 1.58. The van der Waals surface area contributed by atoms with Gasteiger partial charge in [-0.3, -0.25) is 9.36 Å². The monoisotopic (exact) mass is 385 g/mol. The van der Waals surface area contributed by atoms with E-state index >= 15 is 0 Å². The number of hydrogen-bond donors (Lipinski definition) is 1. The third kappa shape index (κ3) is 3.69. The molecule has 3 aromatic rings. The van der Waals surface area contributed by atoms with Crippen molar-refractivity contribution in [2.24, 2.45) is 5.92 Å². The quantitative estimate of drug-likeness (QED) is 0.511. The second kappa shape index (κ2) is 7.31. The van der Waals surface area contributed by atoms with Crippen molar-refractivity contribution in [3.63, 3.8) is 0 Å². The maximum atomic E-state index is 13.0. The number of nitrogens with one attached hydrogen (secondary N) is 1. The number of rotatable bonds is 6. The van der Waals surface area contributed by atoms with E-state index in [1.807, 2.05) is 31.2 Å². The first-order valence-electron chi connectivity index (χ1n) is 9.13. The molecule has 142 valence electrons. The number of thioether (sulfide) groups is 1. The number of benzene rings is 1. The van der Waals surface area contributed by atoms with E-state index in [-0.39, 0.29) is 12.4 Å². The molecule has 2 aromatic heterocycles. The summed E-state index contributed by atoms with van der Waals surface area (Å²) in [5, 5.41) is 0.754. The van der Waals surface area contributed by atoms with Crippen molar-refractivity contribution in [3.8, 4) is 11.5 Å². The molecule has 1 aliphatic rings. The summed E-state index contributed by atoms with van der Waals surface area (Å²) in [5.74, 6) is 2.78. The summed E-state index contributed by atoms with van der Waals surface area (Å²) in [7, 11) is 0. The van der Waals surface area contributed by atoms with Crippen molar-refractivity contribution < 1.29 is 9.47 Å². The molecule has 0 amide bonds. The molecule has 0 radical (unpaired) electrons. The molecule has 1 aromatic carbocycles. The van der Waals surface area contributed by atoms with Gasteiger partial charge >= 0.3 is 0 Å². The molecule has 1 aliphatic heterocycles. The molecule has 4 rings (SSSR count). The molecular formula is C20H23N3O3S. The van der Waals surface area contributed by atoms with Crippen LogP contribution in [0.15, 0.2) is 34.2 Å². The Hall–Kier alpha value is -2.41. The van der Waals surface area contributed by atoms with E-state index in [1.54, 1.807) is 16.3 Å². The van der Waals surface area contributed by atoms with Crippen molar-refractivity contribution in [2.45, 2.75) is 44.6 Å². The molecule has 27 heavy (non-hydrogen) atoms. The van der Waals surface area contributed by atoms with Gasteiger partial charge in [0.2, 0.25) is 6.79 Å². The summed E-state index contributed by atoms with van der Waals surface area (Å²) in [5.41, 5.74) is 3.37. The first kappa shape index (κ1) is 18.0. The Morgan fingerprint density at radius 2 is 2.07 bits per heavy atom. The predicted molar refractivity (Wildman–Crippen MR) is 107 cm³/mol. The Labute approximate surface area is 161 Å². The highest BCUT2D eigenvalue weighted by molar-refractivity contribution is 7.98. The lowest BCUT2D eigenvalue weighted by atomic mass is 10.1. The van der Waals surface area contributed by atoms with Crippen LogP contribution in [0.3, 0.4) is 0 Å². The average Bonchev–Trinajstić information content (AvgIpc) is 3.24. The maximum absolute atomic E-state index is 13.0. The zero-order valence-corrected chi connectivity index (χ0v) is 16.6. The van der Waals surface area contributed by atoms with E-state index in [2.05, 4.69) is 18.8 Å². The van der Waals surface area contributed by atoms with Crippen LogP contribution >= 0.6 is 11.8 Å². The van der Waals surface area contributed by atoms with Crippen LogP contribution in [-0.4, -0.2) is 21.3 Å². The van der Waals surface area contributed by atoms with Crippen LogP contribution in [-0.2, 0) is 12.3 Å². The molecule has 0 aliphatic carbocycles. The van der Waals surface area contributed by atoms with Gasteiger partial charge in [-0.1, -0.05) is 31.7 Å². The second-order valence-corrected chi connectivity index (χ2v) is 8.17. The van der Waals surface area contributed by atoms with Crippen molar-refractivity contribution in [3.05, 3.63) is 45.9 Å². The summed E-state index contributed by atoms with van der Waals surface area (Å²) in [4.78, 5) is 20.9. The first-order valence-corrected chi connectivity index (χ1v) is 10.1. The standard InChI is InChI=1S/C20H23N3O3S/c1-12(2)6-7-23-19(24)18-15(8-13(3)21-18)22-20(23)27-10-14-4-5-16-17(9-14)26-11-25-16/h4-5,8-9,12,21H,6-7,10-11H2,1-3H3. The fourth-order valence-corrected chi connectivity index (χ4v) is 4.05. The highest BCUT2D eigenvalue weighted by Crippen LogP contribution is 2.34. The minimum atomic E-state index is 0.00179. The highest BCUT2D eigenvalue weighted by Gasteiger charge is 2.16. The summed E-state index contributed by atoms with van der Waals surface area (Å²) in [6, 6.07) is 7.87. The smallest absolute Gasteiger partial charge is 0.278 e. The molecule has 3 heterocycles. The fraction of sp³-hybridized carbons (Fsp3) is 0.400. The second-order valence-electron chi connectivity index (χ2n) is 7.22. The maximum Gasteiger partial charge on any atom is 0.278 e. The Morgan fingerprint density at radius 1 is 1.26 bits per heavy atom. The van der Waals surface area contributed by atoms with E-state index in [0.29, 0.717) is 23.7 Å². The molecule has 7 heteroatoms. The first-order chi connectivity index (χ1) is 13.0. The van der Waals surface area contributed by atoms with E-state index in [4.69, 9.17) is 14.5 Å². The number of aryl methyl sites for hydroxylation is 1. The third-order valence-corrected chi connectivity index (χ3v) is 5.62. The molecule has 1 N–H and O–H groups in total. The molecule has 0 unspecified atom stereocenters. The van der Waals surface area contributed by atoms with Crippen molar-refractivity contribution in [1.82, 2.24) is 14.5 Å². The summed E-state index contributed by atoms with van der Waals surface area (Å²) in [6.07, 6.45) is 0.935.